The molecule has 0 aliphatic rings. The van der Waals surface area contributed by atoms with Crippen molar-refractivity contribution in [1.29, 1.82) is 0 Å². The minimum Gasteiger partial charge on any atom is -0.493 e. The van der Waals surface area contributed by atoms with E-state index in [9.17, 15) is 4.79 Å². The van der Waals surface area contributed by atoms with Crippen LogP contribution >= 0.6 is 23.4 Å². The van der Waals surface area contributed by atoms with Crippen LogP contribution < -0.4 is 14.9 Å². The first kappa shape index (κ1) is 21.1. The van der Waals surface area contributed by atoms with E-state index in [1.807, 2.05) is 37.3 Å². The summed E-state index contributed by atoms with van der Waals surface area (Å²) in [5.74, 6) is 1.40. The second-order valence-corrected chi connectivity index (χ2v) is 7.27. The largest absolute Gasteiger partial charge is 0.493 e. The Bertz CT molecular complexity index is 781. The molecule has 0 unspecified atom stereocenters. The molecule has 0 bridgehead atoms. The standard InChI is InChI=1S/C20H23ClN2O3S/c1-4-14(2)26-18-10-5-15(11-19(18)25-3)12-22-23-20(24)13-27-17-8-6-16(21)7-9-17/h5-12,14H,4,13H2,1-3H3,(H,23,24)/b22-12-/t14-/m0/s1. The quantitative estimate of drug-likeness (QED) is 0.370. The Morgan fingerprint density at radius 1 is 1.26 bits per heavy atom. The number of rotatable bonds is 9. The Morgan fingerprint density at radius 3 is 2.67 bits per heavy atom. The van der Waals surface area contributed by atoms with Gasteiger partial charge in [0.1, 0.15) is 0 Å². The molecule has 0 saturated carbocycles. The molecule has 7 heteroatoms. The fourth-order valence-corrected chi connectivity index (χ4v) is 2.87. The number of carbonyl (C=O) groups is 1. The summed E-state index contributed by atoms with van der Waals surface area (Å²) in [6, 6.07) is 12.8. The SMILES string of the molecule is CC[C@H](C)Oc1ccc(/C=N\NC(=O)CSc2ccc(Cl)cc2)cc1OC. The molecule has 0 saturated heterocycles. The molecular weight excluding hydrogens is 384 g/mol. The van der Waals surface area contributed by atoms with E-state index in [2.05, 4.69) is 17.5 Å². The summed E-state index contributed by atoms with van der Waals surface area (Å²) < 4.78 is 11.2. The average Bonchev–Trinajstić information content (AvgIpc) is 2.68. The Hall–Kier alpha value is -2.18. The van der Waals surface area contributed by atoms with Crippen molar-refractivity contribution in [2.75, 3.05) is 12.9 Å². The molecule has 0 aliphatic carbocycles. The molecule has 0 aliphatic heterocycles. The van der Waals surface area contributed by atoms with Crippen molar-refractivity contribution in [2.45, 2.75) is 31.3 Å². The number of halogens is 1. The van der Waals surface area contributed by atoms with E-state index in [1.165, 1.54) is 11.8 Å². The number of methoxy groups -OCH3 is 1. The van der Waals surface area contributed by atoms with Crippen molar-refractivity contribution < 1.29 is 14.3 Å². The molecule has 0 fully saturated rings. The van der Waals surface area contributed by atoms with Crippen LogP contribution in [0.3, 0.4) is 0 Å². The first-order valence-corrected chi connectivity index (χ1v) is 9.93. The second kappa shape index (κ2) is 10.8. The first-order chi connectivity index (χ1) is 13.0. The molecule has 1 atom stereocenters. The third-order valence-electron chi connectivity index (χ3n) is 3.68. The van der Waals surface area contributed by atoms with Gasteiger partial charge in [0.2, 0.25) is 5.91 Å². The molecule has 5 nitrogen and oxygen atoms in total. The molecule has 0 spiro atoms. The fraction of sp³-hybridized carbons (Fsp3) is 0.300. The summed E-state index contributed by atoms with van der Waals surface area (Å²) in [7, 11) is 1.59. The van der Waals surface area contributed by atoms with Crippen LogP contribution in [-0.2, 0) is 4.79 Å². The van der Waals surface area contributed by atoms with Gasteiger partial charge in [-0.1, -0.05) is 18.5 Å². The lowest BCUT2D eigenvalue weighted by atomic mass is 10.2. The summed E-state index contributed by atoms with van der Waals surface area (Å²) in [5, 5.41) is 4.67. The molecule has 2 rings (SSSR count). The van der Waals surface area contributed by atoms with Gasteiger partial charge in [0.05, 0.1) is 25.2 Å². The molecule has 2 aromatic carbocycles. The highest BCUT2D eigenvalue weighted by Crippen LogP contribution is 2.28. The van der Waals surface area contributed by atoms with E-state index in [0.717, 1.165) is 16.9 Å². The summed E-state index contributed by atoms with van der Waals surface area (Å²) in [6.45, 7) is 4.07. The minimum absolute atomic E-state index is 0.107. The van der Waals surface area contributed by atoms with Gasteiger partial charge in [0, 0.05) is 9.92 Å². The Balaban J connectivity index is 1.87. The van der Waals surface area contributed by atoms with Crippen LogP contribution in [0.2, 0.25) is 5.02 Å². The van der Waals surface area contributed by atoms with E-state index in [4.69, 9.17) is 21.1 Å². The van der Waals surface area contributed by atoms with Gasteiger partial charge in [-0.15, -0.1) is 11.8 Å². The molecule has 1 N–H and O–H groups in total. The monoisotopic (exact) mass is 406 g/mol. The van der Waals surface area contributed by atoms with Crippen molar-refractivity contribution in [1.82, 2.24) is 5.43 Å². The van der Waals surface area contributed by atoms with E-state index in [-0.39, 0.29) is 17.8 Å². The highest BCUT2D eigenvalue weighted by atomic mass is 35.5. The molecular formula is C20H23ClN2O3S. The van der Waals surface area contributed by atoms with Gasteiger partial charge in [-0.05, 0) is 61.4 Å². The van der Waals surface area contributed by atoms with Crippen LogP contribution in [0.15, 0.2) is 52.5 Å². The number of hydrogen-bond acceptors (Lipinski definition) is 5. The Kier molecular flexibility index (Phi) is 8.48. The predicted molar refractivity (Wildman–Crippen MR) is 111 cm³/mol. The maximum Gasteiger partial charge on any atom is 0.250 e. The lowest BCUT2D eigenvalue weighted by Crippen LogP contribution is -2.19. The van der Waals surface area contributed by atoms with Crippen LogP contribution in [0, 0.1) is 0 Å². The average molecular weight is 407 g/mol. The summed E-state index contributed by atoms with van der Waals surface area (Å²) >= 11 is 7.26. The van der Waals surface area contributed by atoms with Crippen LogP contribution in [0.5, 0.6) is 11.5 Å². The summed E-state index contributed by atoms with van der Waals surface area (Å²) in [5.41, 5.74) is 3.32. The van der Waals surface area contributed by atoms with Gasteiger partial charge in [0.15, 0.2) is 11.5 Å². The van der Waals surface area contributed by atoms with Crippen molar-refractivity contribution in [3.8, 4) is 11.5 Å². The van der Waals surface area contributed by atoms with Gasteiger partial charge < -0.3 is 9.47 Å². The minimum atomic E-state index is -0.185. The van der Waals surface area contributed by atoms with Crippen LogP contribution in [0.1, 0.15) is 25.8 Å². The number of hydrogen-bond donors (Lipinski definition) is 1. The maximum absolute atomic E-state index is 11.9. The number of hydrazone groups is 1. The third kappa shape index (κ3) is 7.15. The fourth-order valence-electron chi connectivity index (χ4n) is 2.05. The van der Waals surface area contributed by atoms with E-state index >= 15 is 0 Å². The molecule has 0 radical (unpaired) electrons. The zero-order valence-electron chi connectivity index (χ0n) is 15.6. The zero-order chi connectivity index (χ0) is 19.6. The van der Waals surface area contributed by atoms with Gasteiger partial charge in [-0.3, -0.25) is 4.79 Å². The topological polar surface area (TPSA) is 59.9 Å². The normalized spacial score (nSPS) is 12.0. The smallest absolute Gasteiger partial charge is 0.250 e. The van der Waals surface area contributed by atoms with Crippen molar-refractivity contribution in [3.63, 3.8) is 0 Å². The number of ether oxygens (including phenoxy) is 2. The lowest BCUT2D eigenvalue weighted by molar-refractivity contribution is -0.118. The van der Waals surface area contributed by atoms with E-state index in [1.54, 1.807) is 25.5 Å². The van der Waals surface area contributed by atoms with Crippen LogP contribution in [0.4, 0.5) is 0 Å². The molecule has 0 aromatic heterocycles. The second-order valence-electron chi connectivity index (χ2n) is 5.78. The number of nitrogens with one attached hydrogen (secondary N) is 1. The lowest BCUT2D eigenvalue weighted by Gasteiger charge is -2.15. The van der Waals surface area contributed by atoms with Crippen LogP contribution in [-0.4, -0.2) is 31.1 Å². The molecule has 1 amide bonds. The number of thioether (sulfide) groups is 1. The van der Waals surface area contributed by atoms with Crippen molar-refractivity contribution in [2.24, 2.45) is 5.10 Å². The van der Waals surface area contributed by atoms with Crippen molar-refractivity contribution in [3.05, 3.63) is 53.1 Å². The highest BCUT2D eigenvalue weighted by Gasteiger charge is 2.08. The van der Waals surface area contributed by atoms with Gasteiger partial charge >= 0.3 is 0 Å². The molecule has 27 heavy (non-hydrogen) atoms. The molecule has 0 heterocycles. The van der Waals surface area contributed by atoms with Crippen molar-refractivity contribution >= 4 is 35.5 Å². The summed E-state index contributed by atoms with van der Waals surface area (Å²) in [6.07, 6.45) is 2.59. The number of benzene rings is 2. The maximum atomic E-state index is 11.9. The number of carbonyl (C=O) groups excluding carboxylic acids is 1. The molecule has 2 aromatic rings. The number of amides is 1. The van der Waals surface area contributed by atoms with Gasteiger partial charge in [-0.25, -0.2) is 5.43 Å². The first-order valence-electron chi connectivity index (χ1n) is 8.56. The Morgan fingerprint density at radius 2 is 2.00 bits per heavy atom. The third-order valence-corrected chi connectivity index (χ3v) is 4.94. The van der Waals surface area contributed by atoms with Gasteiger partial charge in [-0.2, -0.15) is 5.10 Å². The van der Waals surface area contributed by atoms with Gasteiger partial charge in [0.25, 0.3) is 0 Å². The van der Waals surface area contributed by atoms with E-state index < -0.39 is 0 Å². The number of nitrogens with zero attached hydrogens (tertiary/aromatic N) is 1. The zero-order valence-corrected chi connectivity index (χ0v) is 17.1. The van der Waals surface area contributed by atoms with E-state index in [0.29, 0.717) is 16.5 Å². The van der Waals surface area contributed by atoms with Crippen LogP contribution in [0.25, 0.3) is 0 Å². The summed E-state index contributed by atoms with van der Waals surface area (Å²) in [4.78, 5) is 12.9. The Labute approximate surface area is 169 Å². The molecule has 144 valence electrons. The highest BCUT2D eigenvalue weighted by molar-refractivity contribution is 8.00. The predicted octanol–water partition coefficient (Wildman–Crippen LogP) is 4.77.